The second kappa shape index (κ2) is 28.0. The summed E-state index contributed by atoms with van der Waals surface area (Å²) in [7, 11) is -1.97. The normalized spacial score (nSPS) is 14.0. The summed E-state index contributed by atoms with van der Waals surface area (Å²) in [6, 6.07) is 15.0. The molecule has 348 valence electrons. The van der Waals surface area contributed by atoms with Crippen LogP contribution in [0.15, 0.2) is 54.9 Å². The van der Waals surface area contributed by atoms with Crippen LogP contribution in [0.4, 0.5) is 11.4 Å². The molecule has 0 radical (unpaired) electrons. The first-order chi connectivity index (χ1) is 30.6. The molecule has 0 atom stereocenters. The van der Waals surface area contributed by atoms with Gasteiger partial charge < -0.3 is 53.1 Å². The fraction of sp³-hybridized carbons (Fsp3) is 0.587. The number of nitrogens with zero attached hydrogens (tertiary/aromatic N) is 3. The van der Waals surface area contributed by atoms with E-state index in [1.807, 2.05) is 54.4 Å². The lowest BCUT2D eigenvalue weighted by Gasteiger charge is -2.38. The number of anilines is 2. The van der Waals surface area contributed by atoms with Gasteiger partial charge in [0.1, 0.15) is 0 Å². The fourth-order valence-electron chi connectivity index (χ4n) is 7.06. The van der Waals surface area contributed by atoms with E-state index in [1.54, 1.807) is 12.4 Å². The smallest absolute Gasteiger partial charge is 0.260 e. The average molecular weight is 934 g/mol. The number of para-hydroxylation sites is 2. The predicted molar refractivity (Wildman–Crippen MR) is 248 cm³/mol. The predicted octanol–water partition coefficient (Wildman–Crippen LogP) is 6.36. The standard InChI is InChI=1S/C46H66Cl2N4O10Si/c1-63(2,55)31-5-17-56-19-21-58-23-25-60-27-29-62-30-28-61-26-24-59-22-20-57-18-14-50-45(53)11-8-37-33-42(48)38(34-41(37)47)32-36-12-13-49-35-40(36)46(54)52-16-15-51(39-9-10-39)43-6-3-4-7-44(43)52/h3-4,6-7,12-13,33-35,39,55H,5,8-11,14-32H2,1-2H3,(H,50,53). The first-order valence-corrected chi connectivity index (χ1v) is 26.1. The molecule has 2 heterocycles. The Morgan fingerprint density at radius 1 is 0.730 bits per heavy atom. The Labute approximate surface area is 383 Å². The molecule has 1 fully saturated rings. The van der Waals surface area contributed by atoms with Crippen LogP contribution in [0.2, 0.25) is 29.2 Å². The van der Waals surface area contributed by atoms with E-state index in [9.17, 15) is 14.4 Å². The van der Waals surface area contributed by atoms with Gasteiger partial charge in [0.05, 0.1) is 103 Å². The van der Waals surface area contributed by atoms with Crippen LogP contribution >= 0.6 is 23.2 Å². The number of benzene rings is 2. The Kier molecular flexibility index (Phi) is 22.6. The zero-order valence-electron chi connectivity index (χ0n) is 37.0. The molecule has 3 aromatic rings. The van der Waals surface area contributed by atoms with Crippen molar-refractivity contribution in [3.8, 4) is 0 Å². The highest BCUT2D eigenvalue weighted by atomic mass is 35.5. The number of ether oxygens (including phenoxy) is 7. The van der Waals surface area contributed by atoms with Gasteiger partial charge in [-0.25, -0.2) is 0 Å². The molecule has 1 aliphatic heterocycles. The van der Waals surface area contributed by atoms with Gasteiger partial charge in [-0.15, -0.1) is 0 Å². The first kappa shape index (κ1) is 50.8. The third-order valence-corrected chi connectivity index (χ3v) is 12.8. The van der Waals surface area contributed by atoms with Crippen molar-refractivity contribution in [1.29, 1.82) is 0 Å². The number of aryl methyl sites for hydroxylation is 1. The van der Waals surface area contributed by atoms with E-state index >= 15 is 0 Å². The number of aromatic nitrogens is 1. The van der Waals surface area contributed by atoms with Crippen molar-refractivity contribution in [3.63, 3.8) is 0 Å². The number of carbonyl (C=O) groups is 2. The van der Waals surface area contributed by atoms with E-state index in [0.717, 1.165) is 47.1 Å². The van der Waals surface area contributed by atoms with Gasteiger partial charge in [-0.3, -0.25) is 14.6 Å². The van der Waals surface area contributed by atoms with Crippen LogP contribution in [0.1, 0.15) is 52.7 Å². The summed E-state index contributed by atoms with van der Waals surface area (Å²) in [6.07, 6.45) is 7.67. The van der Waals surface area contributed by atoms with Crippen LogP contribution in [0.25, 0.3) is 0 Å². The molecule has 1 aliphatic carbocycles. The van der Waals surface area contributed by atoms with Gasteiger partial charge in [-0.05, 0) is 98.3 Å². The molecule has 0 saturated heterocycles. The number of pyridine rings is 1. The number of amides is 2. The molecule has 5 rings (SSSR count). The highest BCUT2D eigenvalue weighted by Crippen LogP contribution is 2.40. The topological polar surface area (TPSA) is 150 Å². The van der Waals surface area contributed by atoms with Crippen molar-refractivity contribution in [1.82, 2.24) is 10.3 Å². The van der Waals surface area contributed by atoms with Crippen molar-refractivity contribution >= 4 is 54.7 Å². The molecule has 1 aromatic heterocycles. The Balaban J connectivity index is 0.852. The summed E-state index contributed by atoms with van der Waals surface area (Å²) >= 11 is 13.5. The third kappa shape index (κ3) is 18.7. The van der Waals surface area contributed by atoms with Crippen molar-refractivity contribution in [2.45, 2.75) is 63.7 Å². The molecular weight excluding hydrogens is 868 g/mol. The van der Waals surface area contributed by atoms with Crippen LogP contribution in [0, 0.1) is 0 Å². The van der Waals surface area contributed by atoms with E-state index in [0.29, 0.717) is 140 Å². The largest absolute Gasteiger partial charge is 0.432 e. The quantitative estimate of drug-likeness (QED) is 0.0530. The van der Waals surface area contributed by atoms with Crippen LogP contribution in [-0.2, 0) is 50.8 Å². The van der Waals surface area contributed by atoms with Crippen LogP contribution in [-0.4, -0.2) is 148 Å². The molecule has 0 bridgehead atoms. The maximum atomic E-state index is 14.0. The van der Waals surface area contributed by atoms with Gasteiger partial charge in [0, 0.05) is 61.1 Å². The highest BCUT2D eigenvalue weighted by Gasteiger charge is 2.36. The first-order valence-electron chi connectivity index (χ1n) is 22.2. The second-order valence-corrected chi connectivity index (χ2v) is 21.1. The number of carbonyl (C=O) groups excluding carboxylic acids is 2. The number of hydrogen-bond donors (Lipinski definition) is 2. The van der Waals surface area contributed by atoms with Crippen LogP contribution < -0.4 is 15.1 Å². The Bertz CT molecular complexity index is 1840. The van der Waals surface area contributed by atoms with Crippen LogP contribution in [0.3, 0.4) is 0 Å². The third-order valence-electron chi connectivity index (χ3n) is 10.5. The van der Waals surface area contributed by atoms with Gasteiger partial charge >= 0.3 is 0 Å². The molecule has 17 heteroatoms. The van der Waals surface area contributed by atoms with Crippen molar-refractivity contribution < 1.29 is 47.5 Å². The number of hydrogen-bond acceptors (Lipinski definition) is 12. The minimum Gasteiger partial charge on any atom is -0.432 e. The maximum absolute atomic E-state index is 14.0. The molecule has 14 nitrogen and oxygen atoms in total. The summed E-state index contributed by atoms with van der Waals surface area (Å²) in [6.45, 7) is 12.4. The number of rotatable bonds is 32. The molecular formula is C46H66Cl2N4O10Si. The monoisotopic (exact) mass is 932 g/mol. The minimum absolute atomic E-state index is 0.0863. The van der Waals surface area contributed by atoms with E-state index in [-0.39, 0.29) is 18.2 Å². The highest BCUT2D eigenvalue weighted by molar-refractivity contribution is 6.69. The van der Waals surface area contributed by atoms with Gasteiger partial charge in [0.15, 0.2) is 8.32 Å². The van der Waals surface area contributed by atoms with E-state index < -0.39 is 8.32 Å². The van der Waals surface area contributed by atoms with E-state index in [4.69, 9.17) is 56.4 Å². The number of nitrogens with one attached hydrogen (secondary N) is 1. The van der Waals surface area contributed by atoms with Gasteiger partial charge in [0.25, 0.3) is 5.91 Å². The Morgan fingerprint density at radius 3 is 1.86 bits per heavy atom. The molecule has 2 aromatic carbocycles. The number of halogens is 2. The summed E-state index contributed by atoms with van der Waals surface area (Å²) < 4.78 is 38.6. The summed E-state index contributed by atoms with van der Waals surface area (Å²) in [5, 5.41) is 3.92. The summed E-state index contributed by atoms with van der Waals surface area (Å²) in [4.78, 5) is 45.0. The fourth-order valence-corrected chi connectivity index (χ4v) is 8.61. The summed E-state index contributed by atoms with van der Waals surface area (Å²) in [5.74, 6) is -0.199. The molecule has 63 heavy (non-hydrogen) atoms. The zero-order chi connectivity index (χ0) is 44.7. The SMILES string of the molecule is C[Si](C)(O)CCCOCCOCCOCCOCCOCCOCCOCCNC(=O)CCc1cc(Cl)c(Cc2ccncc2C(=O)N2CCN(C3CC3)c3ccccc32)cc1Cl. The van der Waals surface area contributed by atoms with Crippen molar-refractivity contribution in [2.24, 2.45) is 0 Å². The average Bonchev–Trinajstić information content (AvgIpc) is 4.12. The van der Waals surface area contributed by atoms with Gasteiger partial charge in [-0.1, -0.05) is 35.3 Å². The lowest BCUT2D eigenvalue weighted by molar-refractivity contribution is -0.121. The molecule has 0 unspecified atom stereocenters. The maximum Gasteiger partial charge on any atom is 0.260 e. The molecule has 1 saturated carbocycles. The molecule has 0 spiro atoms. The van der Waals surface area contributed by atoms with Gasteiger partial charge in [-0.2, -0.15) is 0 Å². The van der Waals surface area contributed by atoms with Crippen molar-refractivity contribution in [2.75, 3.05) is 122 Å². The second-order valence-electron chi connectivity index (χ2n) is 16.2. The lowest BCUT2D eigenvalue weighted by Crippen LogP contribution is -2.45. The lowest BCUT2D eigenvalue weighted by atomic mass is 9.98. The van der Waals surface area contributed by atoms with E-state index in [1.165, 1.54) is 12.8 Å². The van der Waals surface area contributed by atoms with Crippen molar-refractivity contribution in [3.05, 3.63) is 87.2 Å². The zero-order valence-corrected chi connectivity index (χ0v) is 39.5. The van der Waals surface area contributed by atoms with E-state index in [2.05, 4.69) is 21.3 Å². The Hall–Kier alpha value is -3.19. The molecule has 2 N–H and O–H groups in total. The van der Waals surface area contributed by atoms with Crippen LogP contribution in [0.5, 0.6) is 0 Å². The number of fused-ring (bicyclic) bond motifs is 1. The van der Waals surface area contributed by atoms with Gasteiger partial charge in [0.2, 0.25) is 5.91 Å². The minimum atomic E-state index is -1.97. The Morgan fingerprint density at radius 2 is 1.27 bits per heavy atom. The molecule has 2 aliphatic rings. The summed E-state index contributed by atoms with van der Waals surface area (Å²) in [5.41, 5.74) is 4.94. The molecule has 2 amide bonds.